The van der Waals surface area contributed by atoms with Gasteiger partial charge in [-0.3, -0.25) is 9.59 Å². The number of hydrogen-bond acceptors (Lipinski definition) is 5. The summed E-state index contributed by atoms with van der Waals surface area (Å²) in [4.78, 5) is 31.0. The first-order valence-corrected chi connectivity index (χ1v) is 10.3. The number of aromatic nitrogens is 3. The summed E-state index contributed by atoms with van der Waals surface area (Å²) in [5.41, 5.74) is 3.59. The number of anilines is 1. The van der Waals surface area contributed by atoms with E-state index in [-0.39, 0.29) is 24.7 Å². The number of aryl methyl sites for hydroxylation is 2. The first-order chi connectivity index (χ1) is 15.0. The number of carbonyl (C=O) groups excluding carboxylic acids is 2. The molecule has 3 heterocycles. The van der Waals surface area contributed by atoms with Crippen molar-refractivity contribution in [2.45, 2.75) is 33.2 Å². The van der Waals surface area contributed by atoms with Crippen LogP contribution in [0.3, 0.4) is 0 Å². The topological polar surface area (TPSA) is 89.4 Å². The molecule has 0 saturated heterocycles. The molecule has 1 aliphatic rings. The molecule has 0 aliphatic carbocycles. The van der Waals surface area contributed by atoms with Crippen LogP contribution in [0.25, 0.3) is 5.82 Å². The maximum Gasteiger partial charge on any atom is 0.227 e. The van der Waals surface area contributed by atoms with Crippen molar-refractivity contribution < 1.29 is 14.3 Å². The molecule has 1 aromatic carbocycles. The standard InChI is InChI=1S/C23H25N5O3/c1-16-13-17(2)28(26-16)21-8-7-18(14-24-21)15-25-22(29)9-10-23(30)27-11-12-31-20-6-4-3-5-19(20)27/h3-8,13-14H,9-12,15H2,1-2H3,(H,25,29). The van der Waals surface area contributed by atoms with E-state index in [0.29, 0.717) is 25.4 Å². The lowest BCUT2D eigenvalue weighted by Gasteiger charge is -2.29. The fraction of sp³-hybridized carbons (Fsp3) is 0.304. The number of nitrogens with zero attached hydrogens (tertiary/aromatic N) is 4. The largest absolute Gasteiger partial charge is 0.490 e. The highest BCUT2D eigenvalue weighted by Gasteiger charge is 2.23. The summed E-state index contributed by atoms with van der Waals surface area (Å²) in [6.45, 7) is 5.22. The highest BCUT2D eigenvalue weighted by molar-refractivity contribution is 5.97. The Kier molecular flexibility index (Phi) is 5.97. The molecule has 2 amide bonds. The fourth-order valence-corrected chi connectivity index (χ4v) is 3.58. The van der Waals surface area contributed by atoms with Gasteiger partial charge in [-0.2, -0.15) is 5.10 Å². The summed E-state index contributed by atoms with van der Waals surface area (Å²) >= 11 is 0. The van der Waals surface area contributed by atoms with Crippen molar-refractivity contribution in [3.05, 3.63) is 65.6 Å². The minimum Gasteiger partial charge on any atom is -0.490 e. The van der Waals surface area contributed by atoms with Crippen LogP contribution >= 0.6 is 0 Å². The van der Waals surface area contributed by atoms with Crippen LogP contribution < -0.4 is 15.0 Å². The molecule has 8 heteroatoms. The maximum atomic E-state index is 12.6. The smallest absolute Gasteiger partial charge is 0.227 e. The molecule has 0 unspecified atom stereocenters. The normalized spacial score (nSPS) is 12.8. The summed E-state index contributed by atoms with van der Waals surface area (Å²) < 4.78 is 7.36. The zero-order valence-electron chi connectivity index (χ0n) is 17.7. The number of carbonyl (C=O) groups is 2. The van der Waals surface area contributed by atoms with Crippen molar-refractivity contribution in [3.8, 4) is 11.6 Å². The Morgan fingerprint density at radius 3 is 2.71 bits per heavy atom. The summed E-state index contributed by atoms with van der Waals surface area (Å²) in [6.07, 6.45) is 2.01. The van der Waals surface area contributed by atoms with Crippen molar-refractivity contribution in [2.24, 2.45) is 0 Å². The van der Waals surface area contributed by atoms with Crippen LogP contribution in [0.1, 0.15) is 29.8 Å². The average Bonchev–Trinajstić information content (AvgIpc) is 3.13. The van der Waals surface area contributed by atoms with E-state index < -0.39 is 0 Å². The van der Waals surface area contributed by atoms with Gasteiger partial charge in [0, 0.05) is 31.3 Å². The number of rotatable bonds is 6. The van der Waals surface area contributed by atoms with Gasteiger partial charge in [0.2, 0.25) is 11.8 Å². The van der Waals surface area contributed by atoms with E-state index in [4.69, 9.17) is 4.74 Å². The van der Waals surface area contributed by atoms with Crippen molar-refractivity contribution in [2.75, 3.05) is 18.1 Å². The summed E-state index contributed by atoms with van der Waals surface area (Å²) in [6, 6.07) is 13.2. The second-order valence-electron chi connectivity index (χ2n) is 7.50. The SMILES string of the molecule is Cc1cc(C)n(-c2ccc(CNC(=O)CCC(=O)N3CCOc4ccccc43)cn2)n1. The molecule has 1 aliphatic heterocycles. The van der Waals surface area contributed by atoms with Crippen LogP contribution in [0.4, 0.5) is 5.69 Å². The van der Waals surface area contributed by atoms with Gasteiger partial charge in [-0.1, -0.05) is 18.2 Å². The first-order valence-electron chi connectivity index (χ1n) is 10.3. The van der Waals surface area contributed by atoms with E-state index in [0.717, 1.165) is 28.5 Å². The Morgan fingerprint density at radius 2 is 1.97 bits per heavy atom. The molecule has 8 nitrogen and oxygen atoms in total. The lowest BCUT2D eigenvalue weighted by Crippen LogP contribution is -2.38. The lowest BCUT2D eigenvalue weighted by atomic mass is 10.2. The third kappa shape index (κ3) is 4.74. The molecule has 0 spiro atoms. The predicted molar refractivity (Wildman–Crippen MR) is 116 cm³/mol. The summed E-state index contributed by atoms with van der Waals surface area (Å²) in [5, 5.41) is 7.27. The molecule has 4 rings (SSSR count). The van der Waals surface area contributed by atoms with E-state index in [1.54, 1.807) is 15.8 Å². The average molecular weight is 419 g/mol. The Labute approximate surface area is 180 Å². The van der Waals surface area contributed by atoms with Crippen molar-refractivity contribution in [1.29, 1.82) is 0 Å². The first kappa shape index (κ1) is 20.6. The molecule has 2 aromatic heterocycles. The third-order valence-corrected chi connectivity index (χ3v) is 5.12. The van der Waals surface area contributed by atoms with Gasteiger partial charge in [-0.25, -0.2) is 9.67 Å². The van der Waals surface area contributed by atoms with Crippen LogP contribution in [0.15, 0.2) is 48.7 Å². The van der Waals surface area contributed by atoms with Crippen LogP contribution in [0.2, 0.25) is 0 Å². The predicted octanol–water partition coefficient (Wildman–Crippen LogP) is 2.71. The fourth-order valence-electron chi connectivity index (χ4n) is 3.58. The van der Waals surface area contributed by atoms with Gasteiger partial charge >= 0.3 is 0 Å². The minimum absolute atomic E-state index is 0.0817. The molecule has 0 radical (unpaired) electrons. The molecular formula is C23H25N5O3. The van der Waals surface area contributed by atoms with Gasteiger partial charge < -0.3 is 15.0 Å². The highest BCUT2D eigenvalue weighted by Crippen LogP contribution is 2.31. The zero-order chi connectivity index (χ0) is 21.8. The third-order valence-electron chi connectivity index (χ3n) is 5.12. The maximum absolute atomic E-state index is 12.6. The van der Waals surface area contributed by atoms with E-state index in [2.05, 4.69) is 15.4 Å². The number of nitrogens with one attached hydrogen (secondary N) is 1. The minimum atomic E-state index is -0.169. The van der Waals surface area contributed by atoms with Gasteiger partial charge in [0.15, 0.2) is 5.82 Å². The molecule has 0 saturated carbocycles. The van der Waals surface area contributed by atoms with E-state index in [1.165, 1.54) is 0 Å². The molecule has 3 aromatic rings. The molecule has 0 fully saturated rings. The van der Waals surface area contributed by atoms with Crippen LogP contribution in [-0.2, 0) is 16.1 Å². The Morgan fingerprint density at radius 1 is 1.13 bits per heavy atom. The quantitative estimate of drug-likeness (QED) is 0.664. The molecule has 31 heavy (non-hydrogen) atoms. The number of benzene rings is 1. The number of pyridine rings is 1. The van der Waals surface area contributed by atoms with Gasteiger partial charge in [0.05, 0.1) is 17.9 Å². The Hall–Kier alpha value is -3.68. The van der Waals surface area contributed by atoms with Gasteiger partial charge in [-0.05, 0) is 43.7 Å². The van der Waals surface area contributed by atoms with Gasteiger partial charge in [0.25, 0.3) is 0 Å². The second-order valence-corrected chi connectivity index (χ2v) is 7.50. The van der Waals surface area contributed by atoms with Gasteiger partial charge in [0.1, 0.15) is 12.4 Å². The molecule has 1 N–H and O–H groups in total. The van der Waals surface area contributed by atoms with E-state index in [1.807, 2.05) is 56.3 Å². The number of hydrogen-bond donors (Lipinski definition) is 1. The number of fused-ring (bicyclic) bond motifs is 1. The molecule has 160 valence electrons. The Bertz CT molecular complexity index is 1090. The Balaban J connectivity index is 1.27. The molecule has 0 atom stereocenters. The van der Waals surface area contributed by atoms with E-state index in [9.17, 15) is 9.59 Å². The summed E-state index contributed by atoms with van der Waals surface area (Å²) in [5.74, 6) is 1.18. The molecule has 0 bridgehead atoms. The number of ether oxygens (including phenoxy) is 1. The van der Waals surface area contributed by atoms with E-state index >= 15 is 0 Å². The van der Waals surface area contributed by atoms with Gasteiger partial charge in [-0.15, -0.1) is 0 Å². The number of para-hydroxylation sites is 2. The monoisotopic (exact) mass is 419 g/mol. The van der Waals surface area contributed by atoms with Crippen molar-refractivity contribution in [3.63, 3.8) is 0 Å². The van der Waals surface area contributed by atoms with Crippen molar-refractivity contribution in [1.82, 2.24) is 20.1 Å². The summed E-state index contributed by atoms with van der Waals surface area (Å²) in [7, 11) is 0. The lowest BCUT2D eigenvalue weighted by molar-refractivity contribution is -0.125. The zero-order valence-corrected chi connectivity index (χ0v) is 17.7. The van der Waals surface area contributed by atoms with Crippen LogP contribution in [0, 0.1) is 13.8 Å². The van der Waals surface area contributed by atoms with Crippen LogP contribution in [-0.4, -0.2) is 39.7 Å². The highest BCUT2D eigenvalue weighted by atomic mass is 16.5. The number of amides is 2. The van der Waals surface area contributed by atoms with Crippen molar-refractivity contribution >= 4 is 17.5 Å². The van der Waals surface area contributed by atoms with Crippen LogP contribution in [0.5, 0.6) is 5.75 Å². The second kappa shape index (κ2) is 8.99. The molecular weight excluding hydrogens is 394 g/mol.